The van der Waals surface area contributed by atoms with Crippen LogP contribution in [0.5, 0.6) is 5.88 Å². The third kappa shape index (κ3) is 2.24. The van der Waals surface area contributed by atoms with Crippen LogP contribution in [0.15, 0.2) is 33.9 Å². The van der Waals surface area contributed by atoms with Crippen molar-refractivity contribution in [2.75, 3.05) is 0 Å². The lowest BCUT2D eigenvalue weighted by Gasteiger charge is -2.08. The minimum absolute atomic E-state index is 0.180. The van der Waals surface area contributed by atoms with Crippen molar-refractivity contribution in [1.82, 2.24) is 9.55 Å². The van der Waals surface area contributed by atoms with E-state index in [-0.39, 0.29) is 12.1 Å². The molecular formula is C12H8FN3O3. The fraction of sp³-hybridized carbons (Fsp3) is 0.0833. The zero-order chi connectivity index (χ0) is 14.0. The maximum atomic E-state index is 13.3. The third-order valence-electron chi connectivity index (χ3n) is 2.51. The normalized spacial score (nSPS) is 10.1. The van der Waals surface area contributed by atoms with Crippen LogP contribution in [0.25, 0.3) is 5.69 Å². The first-order valence-corrected chi connectivity index (χ1v) is 5.24. The first-order valence-electron chi connectivity index (χ1n) is 5.24. The van der Waals surface area contributed by atoms with E-state index in [2.05, 4.69) is 0 Å². The van der Waals surface area contributed by atoms with Crippen molar-refractivity contribution in [2.45, 2.75) is 6.42 Å². The highest BCUT2D eigenvalue weighted by atomic mass is 19.1. The molecule has 0 bridgehead atoms. The van der Waals surface area contributed by atoms with Gasteiger partial charge in [0.15, 0.2) is 0 Å². The van der Waals surface area contributed by atoms with Crippen molar-refractivity contribution in [3.8, 4) is 17.6 Å². The van der Waals surface area contributed by atoms with E-state index in [0.717, 1.165) is 0 Å². The summed E-state index contributed by atoms with van der Waals surface area (Å²) in [6.45, 7) is 0. The number of aromatic hydroxyl groups is 1. The van der Waals surface area contributed by atoms with Crippen LogP contribution in [0, 0.1) is 17.1 Å². The van der Waals surface area contributed by atoms with Gasteiger partial charge in [-0.05, 0) is 17.7 Å². The fourth-order valence-electron chi connectivity index (χ4n) is 1.60. The highest BCUT2D eigenvalue weighted by Gasteiger charge is 2.14. The Hall–Kier alpha value is -2.88. The monoisotopic (exact) mass is 261 g/mol. The Balaban J connectivity index is 2.60. The number of benzene rings is 1. The van der Waals surface area contributed by atoms with Gasteiger partial charge in [-0.3, -0.25) is 9.78 Å². The van der Waals surface area contributed by atoms with Gasteiger partial charge in [-0.25, -0.2) is 9.36 Å². The number of nitrogens with one attached hydrogen (secondary N) is 1. The summed E-state index contributed by atoms with van der Waals surface area (Å²) in [6.07, 6.45) is 0.196. The van der Waals surface area contributed by atoms with E-state index in [1.54, 1.807) is 17.1 Å². The lowest BCUT2D eigenvalue weighted by atomic mass is 10.1. The van der Waals surface area contributed by atoms with Crippen LogP contribution in [-0.2, 0) is 6.42 Å². The molecule has 0 atom stereocenters. The lowest BCUT2D eigenvalue weighted by Crippen LogP contribution is -2.30. The van der Waals surface area contributed by atoms with E-state index in [1.807, 2.05) is 6.07 Å². The molecule has 0 amide bonds. The molecule has 0 saturated carbocycles. The van der Waals surface area contributed by atoms with Crippen LogP contribution in [0.3, 0.4) is 0 Å². The molecule has 0 aliphatic rings. The van der Waals surface area contributed by atoms with Gasteiger partial charge in [0.05, 0.1) is 18.2 Å². The predicted octanol–water partition coefficient (Wildman–Crippen LogP) is 0.437. The number of rotatable bonds is 2. The van der Waals surface area contributed by atoms with Crippen molar-refractivity contribution >= 4 is 0 Å². The summed E-state index contributed by atoms with van der Waals surface area (Å²) in [5, 5.41) is 18.0. The Morgan fingerprint density at radius 1 is 1.32 bits per heavy atom. The van der Waals surface area contributed by atoms with E-state index >= 15 is 0 Å². The number of hydrogen-bond donors (Lipinski definition) is 2. The van der Waals surface area contributed by atoms with Crippen LogP contribution < -0.4 is 11.2 Å². The third-order valence-corrected chi connectivity index (χ3v) is 2.51. The summed E-state index contributed by atoms with van der Waals surface area (Å²) >= 11 is 0. The standard InChI is InChI=1S/C12H8FN3O3/c13-9-10(17)15-12(19)16(11(9)18)8-3-1-7(2-4-8)5-6-14/h1-4,18H,5H2,(H,15,17,19). The van der Waals surface area contributed by atoms with Crippen LogP contribution in [0.2, 0.25) is 0 Å². The molecule has 2 N–H and O–H groups in total. The van der Waals surface area contributed by atoms with Crippen molar-refractivity contribution < 1.29 is 9.50 Å². The van der Waals surface area contributed by atoms with Crippen LogP contribution >= 0.6 is 0 Å². The molecule has 2 aromatic rings. The quantitative estimate of drug-likeness (QED) is 0.819. The van der Waals surface area contributed by atoms with Gasteiger partial charge < -0.3 is 5.11 Å². The average molecular weight is 261 g/mol. The van der Waals surface area contributed by atoms with E-state index in [0.29, 0.717) is 10.1 Å². The van der Waals surface area contributed by atoms with E-state index in [9.17, 15) is 19.1 Å². The van der Waals surface area contributed by atoms with Crippen LogP contribution in [0.4, 0.5) is 4.39 Å². The minimum atomic E-state index is -1.43. The van der Waals surface area contributed by atoms with E-state index in [1.165, 1.54) is 12.1 Å². The molecule has 0 radical (unpaired) electrons. The molecule has 1 aromatic heterocycles. The van der Waals surface area contributed by atoms with Crippen LogP contribution in [-0.4, -0.2) is 14.7 Å². The largest absolute Gasteiger partial charge is 0.492 e. The van der Waals surface area contributed by atoms with Crippen molar-refractivity contribution in [3.05, 3.63) is 56.5 Å². The summed E-state index contributed by atoms with van der Waals surface area (Å²) in [5.41, 5.74) is -1.33. The second-order valence-corrected chi connectivity index (χ2v) is 3.73. The fourth-order valence-corrected chi connectivity index (χ4v) is 1.60. The second kappa shape index (κ2) is 4.78. The van der Waals surface area contributed by atoms with Gasteiger partial charge in [-0.2, -0.15) is 9.65 Å². The molecule has 0 spiro atoms. The number of nitrogens with zero attached hydrogens (tertiary/aromatic N) is 2. The zero-order valence-corrected chi connectivity index (χ0v) is 9.55. The van der Waals surface area contributed by atoms with Gasteiger partial charge in [-0.15, -0.1) is 0 Å². The molecule has 0 aliphatic carbocycles. The number of aromatic amines is 1. The molecule has 2 rings (SSSR count). The highest BCUT2D eigenvalue weighted by molar-refractivity contribution is 5.38. The minimum Gasteiger partial charge on any atom is -0.492 e. The Morgan fingerprint density at radius 3 is 2.53 bits per heavy atom. The van der Waals surface area contributed by atoms with Gasteiger partial charge in [0.25, 0.3) is 5.56 Å². The molecule has 1 aromatic carbocycles. The molecule has 0 saturated heterocycles. The smallest absolute Gasteiger partial charge is 0.335 e. The average Bonchev–Trinajstić information content (AvgIpc) is 2.38. The number of hydrogen-bond acceptors (Lipinski definition) is 4. The van der Waals surface area contributed by atoms with Gasteiger partial charge in [0.2, 0.25) is 11.7 Å². The Kier molecular flexibility index (Phi) is 3.16. The zero-order valence-electron chi connectivity index (χ0n) is 9.55. The topological polar surface area (TPSA) is 98.9 Å². The maximum Gasteiger partial charge on any atom is 0.335 e. The number of aromatic nitrogens is 2. The van der Waals surface area contributed by atoms with Crippen molar-refractivity contribution in [2.24, 2.45) is 0 Å². The molecule has 0 fully saturated rings. The Labute approximate surface area is 106 Å². The molecule has 0 unspecified atom stereocenters. The Morgan fingerprint density at radius 2 is 1.95 bits per heavy atom. The number of nitriles is 1. The molecule has 19 heavy (non-hydrogen) atoms. The first-order chi connectivity index (χ1) is 9.04. The highest BCUT2D eigenvalue weighted by Crippen LogP contribution is 2.15. The summed E-state index contributed by atoms with van der Waals surface area (Å²) in [4.78, 5) is 24.2. The second-order valence-electron chi connectivity index (χ2n) is 3.73. The molecule has 6 nitrogen and oxygen atoms in total. The molecule has 7 heteroatoms. The first kappa shape index (κ1) is 12.6. The summed E-state index contributed by atoms with van der Waals surface area (Å²) in [5.74, 6) is -2.48. The molecular weight excluding hydrogens is 253 g/mol. The SMILES string of the molecule is N#CCc1ccc(-n2c(O)c(F)c(=O)[nH]c2=O)cc1. The van der Waals surface area contributed by atoms with Crippen molar-refractivity contribution in [3.63, 3.8) is 0 Å². The van der Waals surface area contributed by atoms with Gasteiger partial charge in [0.1, 0.15) is 0 Å². The number of halogens is 1. The van der Waals surface area contributed by atoms with Crippen LogP contribution in [0.1, 0.15) is 5.56 Å². The molecule has 1 heterocycles. The van der Waals surface area contributed by atoms with Crippen molar-refractivity contribution in [1.29, 1.82) is 5.26 Å². The van der Waals surface area contributed by atoms with Gasteiger partial charge in [-0.1, -0.05) is 12.1 Å². The maximum absolute atomic E-state index is 13.3. The van der Waals surface area contributed by atoms with E-state index < -0.39 is 22.9 Å². The van der Waals surface area contributed by atoms with Gasteiger partial charge >= 0.3 is 5.69 Å². The van der Waals surface area contributed by atoms with E-state index in [4.69, 9.17) is 5.26 Å². The van der Waals surface area contributed by atoms with Gasteiger partial charge in [0, 0.05) is 0 Å². The lowest BCUT2D eigenvalue weighted by molar-refractivity contribution is 0.386. The summed E-state index contributed by atoms with van der Waals surface area (Å²) in [6, 6.07) is 7.96. The Bertz CT molecular complexity index is 769. The summed E-state index contributed by atoms with van der Waals surface area (Å²) in [7, 11) is 0. The summed E-state index contributed by atoms with van der Waals surface area (Å²) < 4.78 is 13.9. The predicted molar refractivity (Wildman–Crippen MR) is 63.6 cm³/mol. The molecule has 0 aliphatic heterocycles. The number of H-pyrrole nitrogens is 1. The molecule has 96 valence electrons.